The number of benzene rings is 6. The molecule has 9 rings (SSSR count). The summed E-state index contributed by atoms with van der Waals surface area (Å²) in [5, 5.41) is 46.4. The maximum Gasteiger partial charge on any atom is 0.305 e. The lowest BCUT2D eigenvalue weighted by Gasteiger charge is -2.37. The Morgan fingerprint density at radius 3 is 1.53 bits per heavy atom. The standard InChI is InChI=1S/C95H118ClN17O18S/c1-11-12-32-76-93(129)110(7)52-81(117)102-72(47-83(119)120)89(125)108-84(56(4)5)95(131)112(9)77(42-58-26-18-14-19-27-58)90(126)106-74(45-62-49-99-68-38-35-63(96)46-66(62)68)91(127)109(6)51-80(116)101-71(44-61-48-98-67-31-23-22-30-65(61)67)88(124)105-70(40-60-33-36-64(114)37-34-60)87(123)104-69(39-55(2)3)86(122)107-75(85(121)100-50-79(97)115)53-132-54-82(118)103-73(41-57-24-16-13-17-25-57)92(128)113(10)78(94(130)111(76)8)43-59-28-20-15-21-29-59/h13-31,33-38,46,48-49,55-56,69-78,84,98-99,114H,11-12,32,39-45,47,50-54H2,1-10H3,(H2,97,115)(H,100,121)(H,101,116)(H,102,117)(H,103,118)(H,104,123)(H,105,124)(H,106,126)(H,107,122)(H,108,125)(H,119,120). The van der Waals surface area contributed by atoms with Crippen LogP contribution in [0.4, 0.5) is 0 Å². The second-order valence-corrected chi connectivity index (χ2v) is 35.4. The average molecular weight is 1850 g/mol. The summed E-state index contributed by atoms with van der Waals surface area (Å²) in [6.07, 6.45) is 1.74. The van der Waals surface area contributed by atoms with Gasteiger partial charge in [0.15, 0.2) is 0 Å². The van der Waals surface area contributed by atoms with Gasteiger partial charge in [0.1, 0.15) is 72.2 Å². The van der Waals surface area contributed by atoms with Gasteiger partial charge in [-0.25, -0.2) is 0 Å². The number of carboxylic acids is 1. The maximum absolute atomic E-state index is 15.6. The Labute approximate surface area is 774 Å². The fraction of sp³-hybridized carbons (Fsp3) is 0.411. The largest absolute Gasteiger partial charge is 0.508 e. The normalized spacial score (nSPS) is 21.8. The highest BCUT2D eigenvalue weighted by Crippen LogP contribution is 2.27. The summed E-state index contributed by atoms with van der Waals surface area (Å²) in [6, 6.07) is 26.7. The number of carbonyl (C=O) groups is 16. The van der Waals surface area contributed by atoms with Gasteiger partial charge in [0, 0.05) is 119 Å². The number of para-hydroxylation sites is 1. The molecule has 1 saturated heterocycles. The van der Waals surface area contributed by atoms with Gasteiger partial charge >= 0.3 is 5.97 Å². The minimum absolute atomic E-state index is 0.0308. The number of carboxylic acid groups (broad SMARTS) is 1. The Balaban J connectivity index is 1.12. The van der Waals surface area contributed by atoms with Crippen molar-refractivity contribution >= 4 is 140 Å². The molecule has 1 aliphatic heterocycles. The van der Waals surface area contributed by atoms with Gasteiger partial charge in [-0.2, -0.15) is 0 Å². The number of phenolic OH excluding ortho intramolecular Hbond substituents is 1. The minimum atomic E-state index is -1.91. The molecule has 0 spiro atoms. The van der Waals surface area contributed by atoms with E-state index in [0.29, 0.717) is 73.1 Å². The molecule has 35 nitrogen and oxygen atoms in total. The van der Waals surface area contributed by atoms with Crippen molar-refractivity contribution in [1.29, 1.82) is 0 Å². The molecule has 132 heavy (non-hydrogen) atoms. The number of aromatic nitrogens is 2. The van der Waals surface area contributed by atoms with E-state index in [1.54, 1.807) is 174 Å². The Morgan fingerprint density at radius 2 is 0.947 bits per heavy atom. The number of likely N-dealkylation sites (N-methyl/N-ethyl adjacent to an activating group) is 5. The minimum Gasteiger partial charge on any atom is -0.508 e. The second-order valence-electron chi connectivity index (χ2n) is 33.9. The van der Waals surface area contributed by atoms with Crippen molar-refractivity contribution in [1.82, 2.24) is 82.3 Å². The van der Waals surface area contributed by atoms with Crippen LogP contribution in [0.15, 0.2) is 170 Å². The number of amides is 15. The van der Waals surface area contributed by atoms with Crippen molar-refractivity contribution in [3.63, 3.8) is 0 Å². The summed E-state index contributed by atoms with van der Waals surface area (Å²) in [5.74, 6) is -17.2. The van der Waals surface area contributed by atoms with E-state index < -0.39 is 199 Å². The molecule has 8 aromatic rings. The molecule has 2 aromatic heterocycles. The zero-order chi connectivity index (χ0) is 96.2. The molecule has 704 valence electrons. The van der Waals surface area contributed by atoms with Crippen LogP contribution >= 0.6 is 23.4 Å². The van der Waals surface area contributed by atoms with Gasteiger partial charge in [0.2, 0.25) is 88.6 Å². The van der Waals surface area contributed by atoms with Crippen LogP contribution in [0.2, 0.25) is 5.02 Å². The van der Waals surface area contributed by atoms with Gasteiger partial charge in [-0.1, -0.05) is 180 Å². The maximum atomic E-state index is 15.6. The number of thioether (sulfide) groups is 1. The molecule has 1 fully saturated rings. The number of hydrogen-bond donors (Lipinski definition) is 14. The first-order valence-corrected chi connectivity index (χ1v) is 45.2. The molecule has 15 N–H and O–H groups in total. The average Bonchev–Trinajstić information content (AvgIpc) is 1.69. The summed E-state index contributed by atoms with van der Waals surface area (Å²) in [5.41, 5.74) is 9.81. The summed E-state index contributed by atoms with van der Waals surface area (Å²) in [7, 11) is 6.59. The molecular weight excluding hydrogens is 1730 g/mol. The molecular formula is C95H118ClN17O18S. The number of phenols is 1. The van der Waals surface area contributed by atoms with Crippen LogP contribution in [0.25, 0.3) is 21.8 Å². The first-order chi connectivity index (χ1) is 62.9. The number of aromatic hydroxyl groups is 1. The van der Waals surface area contributed by atoms with Crippen molar-refractivity contribution < 1.29 is 86.9 Å². The smallest absolute Gasteiger partial charge is 0.305 e. The molecule has 11 unspecified atom stereocenters. The Morgan fingerprint density at radius 1 is 0.477 bits per heavy atom. The number of nitrogens with two attached hydrogens (primary N) is 1. The summed E-state index contributed by atoms with van der Waals surface area (Å²) in [4.78, 5) is 248. The van der Waals surface area contributed by atoms with Crippen LogP contribution in [-0.4, -0.2) is 272 Å². The number of aromatic amines is 2. The van der Waals surface area contributed by atoms with Crippen LogP contribution < -0.4 is 53.6 Å². The zero-order valence-electron chi connectivity index (χ0n) is 75.5. The number of fused-ring (bicyclic) bond motifs is 2. The number of unbranched alkanes of at least 4 members (excludes halogenated alkanes) is 1. The predicted molar refractivity (Wildman–Crippen MR) is 497 cm³/mol. The summed E-state index contributed by atoms with van der Waals surface area (Å²) < 4.78 is 0. The molecule has 0 bridgehead atoms. The van der Waals surface area contributed by atoms with Crippen molar-refractivity contribution in [2.24, 2.45) is 17.6 Å². The number of nitrogens with zero attached hydrogens (tertiary/aromatic N) is 5. The SMILES string of the molecule is CCCCC1C(=O)N(C)CC(=O)NC(CC(=O)O)C(=O)NC(C(C)C)C(=O)N(C)C(Cc2ccccc2)C(=O)NC(Cc2c[nH]c3ccc(Cl)cc23)C(=O)N(C)CC(=O)NC(Cc2c[nH]c3ccccc23)C(=O)NC(Cc2ccc(O)cc2)C(=O)NC(CC(C)C)C(=O)NC(C(=O)NCC(N)=O)CSCC(=O)NC(Cc2ccccc2)C(=O)N(C)C(Cc2ccccc2)C(=O)N1C. The number of primary amides is 1. The Kier molecular flexibility index (Phi) is 37.8. The van der Waals surface area contributed by atoms with Gasteiger partial charge in [-0.15, -0.1) is 11.8 Å². The number of H-pyrrole nitrogens is 2. The van der Waals surface area contributed by atoms with Crippen LogP contribution in [0.5, 0.6) is 5.75 Å². The topological polar surface area (TPSA) is 496 Å². The van der Waals surface area contributed by atoms with E-state index >= 15 is 47.9 Å². The first-order valence-electron chi connectivity index (χ1n) is 43.6. The van der Waals surface area contributed by atoms with Gasteiger partial charge < -0.3 is 98.3 Å². The number of nitrogens with one attached hydrogen (secondary N) is 11. The first kappa shape index (κ1) is 102. The van der Waals surface area contributed by atoms with Crippen molar-refractivity contribution in [3.8, 4) is 5.75 Å². The van der Waals surface area contributed by atoms with Crippen LogP contribution in [0.3, 0.4) is 0 Å². The monoisotopic (exact) mass is 1850 g/mol. The van der Waals surface area contributed by atoms with Crippen LogP contribution in [0, 0.1) is 11.8 Å². The highest BCUT2D eigenvalue weighted by molar-refractivity contribution is 8.00. The third-order valence-corrected chi connectivity index (χ3v) is 24.1. The van der Waals surface area contributed by atoms with Crippen LogP contribution in [0.1, 0.15) is 100 Å². The third-order valence-electron chi connectivity index (χ3n) is 22.8. The molecule has 3 heterocycles. The van der Waals surface area contributed by atoms with E-state index in [2.05, 4.69) is 57.8 Å². The Bertz CT molecular complexity index is 5410. The van der Waals surface area contributed by atoms with Gasteiger partial charge in [-0.3, -0.25) is 76.7 Å². The van der Waals surface area contributed by atoms with Crippen LogP contribution in [-0.2, 0) is 115 Å². The lowest BCUT2D eigenvalue weighted by Crippen LogP contribution is -2.61. The molecule has 0 aliphatic carbocycles. The lowest BCUT2D eigenvalue weighted by molar-refractivity contribution is -0.151. The molecule has 1 aliphatic rings. The van der Waals surface area contributed by atoms with E-state index in [1.807, 2.05) is 6.92 Å². The number of rotatable bonds is 23. The quantitative estimate of drug-likeness (QED) is 0.0433. The van der Waals surface area contributed by atoms with E-state index in [-0.39, 0.29) is 68.8 Å². The van der Waals surface area contributed by atoms with Gasteiger partial charge in [-0.05, 0) is 94.5 Å². The highest BCUT2D eigenvalue weighted by Gasteiger charge is 2.42. The molecule has 6 aromatic carbocycles. The highest BCUT2D eigenvalue weighted by atomic mass is 35.5. The number of hydrogen-bond acceptors (Lipinski definition) is 18. The number of carbonyl (C=O) groups excluding carboxylic acids is 15. The Hall–Kier alpha value is -13.6. The molecule has 37 heteroatoms. The van der Waals surface area contributed by atoms with Crippen molar-refractivity contribution in [2.45, 2.75) is 172 Å². The van der Waals surface area contributed by atoms with E-state index in [4.69, 9.17) is 17.3 Å². The predicted octanol–water partition coefficient (Wildman–Crippen LogP) is 3.76. The molecule has 15 amide bonds. The lowest BCUT2D eigenvalue weighted by atomic mass is 9.98. The zero-order valence-corrected chi connectivity index (χ0v) is 77.1. The molecule has 11 atom stereocenters. The van der Waals surface area contributed by atoms with Gasteiger partial charge in [0.05, 0.1) is 31.8 Å². The van der Waals surface area contributed by atoms with E-state index in [9.17, 15) is 39.0 Å². The fourth-order valence-electron chi connectivity index (χ4n) is 15.6. The second kappa shape index (κ2) is 48.8. The number of halogens is 1. The fourth-order valence-corrected chi connectivity index (χ4v) is 16.6. The number of aliphatic carboxylic acids is 1. The van der Waals surface area contributed by atoms with E-state index in [0.717, 1.165) is 26.5 Å². The van der Waals surface area contributed by atoms with E-state index in [1.165, 1.54) is 69.3 Å². The van der Waals surface area contributed by atoms with Crippen molar-refractivity contribution in [3.05, 3.63) is 209 Å². The van der Waals surface area contributed by atoms with Crippen molar-refractivity contribution in [2.75, 3.05) is 66.4 Å². The third kappa shape index (κ3) is 29.4. The summed E-state index contributed by atoms with van der Waals surface area (Å²) >= 11 is 7.40. The summed E-state index contributed by atoms with van der Waals surface area (Å²) in [6.45, 7) is 6.21. The van der Waals surface area contributed by atoms with Gasteiger partial charge in [0.25, 0.3) is 0 Å². The molecule has 0 saturated carbocycles. The molecule has 0 radical (unpaired) electrons.